The van der Waals surface area contributed by atoms with Crippen LogP contribution in [0.15, 0.2) is 47.0 Å². The largest absolute Gasteiger partial charge is 0.378 e. The molecule has 0 atom stereocenters. The molecule has 0 radical (unpaired) electrons. The Morgan fingerprint density at radius 3 is 2.65 bits per heavy atom. The van der Waals surface area contributed by atoms with E-state index in [4.69, 9.17) is 9.26 Å². The molecule has 2 aromatic carbocycles. The minimum atomic E-state index is -0.477. The number of ether oxygens (including phenoxy) is 1. The predicted molar refractivity (Wildman–Crippen MR) is 127 cm³/mol. The van der Waals surface area contributed by atoms with E-state index in [2.05, 4.69) is 15.8 Å². The van der Waals surface area contributed by atoms with Crippen LogP contribution in [-0.4, -0.2) is 49.8 Å². The number of carbonyl (C=O) groups is 2. The Balaban J connectivity index is 1.53. The lowest BCUT2D eigenvalue weighted by atomic mass is 10.0. The highest BCUT2D eigenvalue weighted by Gasteiger charge is 2.18. The molecule has 0 unspecified atom stereocenters. The summed E-state index contributed by atoms with van der Waals surface area (Å²) in [6.07, 6.45) is 0.812. The van der Waals surface area contributed by atoms with Crippen LogP contribution in [-0.2, 0) is 4.74 Å². The van der Waals surface area contributed by atoms with Crippen LogP contribution in [0.5, 0.6) is 0 Å². The standard InChI is InChI=1S/C25H27FN4O4/c1-3-6-27-25(32)23-15-22(29-34-23)21-14-19(5-4-16(21)2)28-24(31)17-11-18(26)13-20(12-17)30-7-9-33-10-8-30/h4-5,11-15H,3,6-10H2,1-2H3,(H,27,32)(H,28,31). The minimum Gasteiger partial charge on any atom is -0.378 e. The molecule has 3 aromatic rings. The Morgan fingerprint density at radius 1 is 1.09 bits per heavy atom. The van der Waals surface area contributed by atoms with Gasteiger partial charge < -0.3 is 24.8 Å². The van der Waals surface area contributed by atoms with Crippen molar-refractivity contribution < 1.29 is 23.2 Å². The number of benzene rings is 2. The lowest BCUT2D eigenvalue weighted by molar-refractivity contribution is 0.0916. The van der Waals surface area contributed by atoms with Crippen molar-refractivity contribution in [2.24, 2.45) is 0 Å². The summed E-state index contributed by atoms with van der Waals surface area (Å²) >= 11 is 0. The normalized spacial score (nSPS) is 13.6. The van der Waals surface area contributed by atoms with Crippen LogP contribution in [0.4, 0.5) is 15.8 Å². The van der Waals surface area contributed by atoms with Crippen LogP contribution in [0.2, 0.25) is 0 Å². The van der Waals surface area contributed by atoms with E-state index in [0.717, 1.165) is 12.0 Å². The number of amides is 2. The number of carbonyl (C=O) groups excluding carboxylic acids is 2. The number of aryl methyl sites for hydroxylation is 1. The van der Waals surface area contributed by atoms with E-state index in [1.54, 1.807) is 24.3 Å². The van der Waals surface area contributed by atoms with Gasteiger partial charge in [-0.3, -0.25) is 9.59 Å². The molecule has 2 heterocycles. The van der Waals surface area contributed by atoms with Crippen LogP contribution in [0.25, 0.3) is 11.3 Å². The number of nitrogens with zero attached hydrogens (tertiary/aromatic N) is 2. The van der Waals surface area contributed by atoms with Gasteiger partial charge in [-0.05, 0) is 49.2 Å². The minimum absolute atomic E-state index is 0.118. The van der Waals surface area contributed by atoms with E-state index in [-0.39, 0.29) is 17.2 Å². The third-order valence-electron chi connectivity index (χ3n) is 5.56. The molecular weight excluding hydrogens is 439 g/mol. The van der Waals surface area contributed by atoms with Gasteiger partial charge in [-0.15, -0.1) is 0 Å². The molecule has 1 aliphatic rings. The molecule has 4 rings (SSSR count). The molecule has 0 aliphatic carbocycles. The second kappa shape index (κ2) is 10.5. The Bertz CT molecular complexity index is 1190. The van der Waals surface area contributed by atoms with E-state index in [0.29, 0.717) is 55.5 Å². The monoisotopic (exact) mass is 466 g/mol. The second-order valence-electron chi connectivity index (χ2n) is 8.11. The van der Waals surface area contributed by atoms with E-state index in [1.807, 2.05) is 24.8 Å². The van der Waals surface area contributed by atoms with Gasteiger partial charge in [0.25, 0.3) is 11.8 Å². The zero-order valence-electron chi connectivity index (χ0n) is 19.2. The number of aromatic nitrogens is 1. The second-order valence-corrected chi connectivity index (χ2v) is 8.11. The lowest BCUT2D eigenvalue weighted by Crippen LogP contribution is -2.36. The molecule has 0 bridgehead atoms. The van der Waals surface area contributed by atoms with Crippen molar-refractivity contribution in [2.75, 3.05) is 43.1 Å². The number of hydrogen-bond acceptors (Lipinski definition) is 6. The third-order valence-corrected chi connectivity index (χ3v) is 5.56. The van der Waals surface area contributed by atoms with E-state index in [1.165, 1.54) is 12.1 Å². The van der Waals surface area contributed by atoms with Crippen molar-refractivity contribution in [2.45, 2.75) is 20.3 Å². The maximum absolute atomic E-state index is 14.3. The molecule has 0 saturated carbocycles. The highest BCUT2D eigenvalue weighted by molar-refractivity contribution is 6.05. The topological polar surface area (TPSA) is 96.7 Å². The maximum atomic E-state index is 14.3. The highest BCUT2D eigenvalue weighted by Crippen LogP contribution is 2.27. The fourth-order valence-electron chi connectivity index (χ4n) is 3.72. The SMILES string of the molecule is CCCNC(=O)c1cc(-c2cc(NC(=O)c3cc(F)cc(N4CCOCC4)c3)ccc2C)no1. The van der Waals surface area contributed by atoms with Crippen LogP contribution < -0.4 is 15.5 Å². The van der Waals surface area contributed by atoms with Gasteiger partial charge in [-0.2, -0.15) is 0 Å². The molecule has 1 aromatic heterocycles. The molecule has 34 heavy (non-hydrogen) atoms. The molecular formula is C25H27FN4O4. The molecule has 9 heteroatoms. The predicted octanol–water partition coefficient (Wildman–Crippen LogP) is 4.02. The molecule has 1 fully saturated rings. The van der Waals surface area contributed by atoms with E-state index < -0.39 is 11.7 Å². The van der Waals surface area contributed by atoms with Crippen molar-refractivity contribution in [3.8, 4) is 11.3 Å². The van der Waals surface area contributed by atoms with Crippen molar-refractivity contribution in [3.63, 3.8) is 0 Å². The zero-order chi connectivity index (χ0) is 24.1. The highest BCUT2D eigenvalue weighted by atomic mass is 19.1. The van der Waals surface area contributed by atoms with Crippen molar-refractivity contribution in [1.82, 2.24) is 10.5 Å². The first-order chi connectivity index (χ1) is 16.4. The van der Waals surface area contributed by atoms with Gasteiger partial charge in [0, 0.05) is 48.2 Å². The molecule has 0 spiro atoms. The van der Waals surface area contributed by atoms with Crippen molar-refractivity contribution in [1.29, 1.82) is 0 Å². The van der Waals surface area contributed by atoms with Gasteiger partial charge in [-0.25, -0.2) is 4.39 Å². The van der Waals surface area contributed by atoms with Gasteiger partial charge >= 0.3 is 0 Å². The van der Waals surface area contributed by atoms with Crippen LogP contribution in [0, 0.1) is 12.7 Å². The third kappa shape index (κ3) is 5.43. The average molecular weight is 467 g/mol. The number of morpholine rings is 1. The van der Waals surface area contributed by atoms with Crippen LogP contribution >= 0.6 is 0 Å². The molecule has 178 valence electrons. The van der Waals surface area contributed by atoms with E-state index in [9.17, 15) is 14.0 Å². The van der Waals surface area contributed by atoms with Gasteiger partial charge in [-0.1, -0.05) is 18.1 Å². The summed E-state index contributed by atoms with van der Waals surface area (Å²) in [5.74, 6) is -1.11. The Labute approximate surface area is 197 Å². The summed E-state index contributed by atoms with van der Waals surface area (Å²) in [4.78, 5) is 27.0. The summed E-state index contributed by atoms with van der Waals surface area (Å²) < 4.78 is 24.8. The summed E-state index contributed by atoms with van der Waals surface area (Å²) in [6, 6.07) is 11.2. The molecule has 8 nitrogen and oxygen atoms in total. The number of anilines is 2. The summed E-state index contributed by atoms with van der Waals surface area (Å²) in [6.45, 7) is 6.81. The maximum Gasteiger partial charge on any atom is 0.289 e. The fourth-order valence-corrected chi connectivity index (χ4v) is 3.72. The number of rotatable bonds is 7. The smallest absolute Gasteiger partial charge is 0.289 e. The van der Waals surface area contributed by atoms with Gasteiger partial charge in [0.1, 0.15) is 11.5 Å². The van der Waals surface area contributed by atoms with Gasteiger partial charge in [0.15, 0.2) is 0 Å². The Hall–Kier alpha value is -3.72. The first-order valence-electron chi connectivity index (χ1n) is 11.2. The molecule has 2 amide bonds. The summed E-state index contributed by atoms with van der Waals surface area (Å²) in [7, 11) is 0. The van der Waals surface area contributed by atoms with Crippen LogP contribution in [0.1, 0.15) is 39.8 Å². The fraction of sp³-hybridized carbons (Fsp3) is 0.320. The Kier molecular flexibility index (Phi) is 7.22. The summed E-state index contributed by atoms with van der Waals surface area (Å²) in [5, 5.41) is 9.59. The van der Waals surface area contributed by atoms with Crippen LogP contribution in [0.3, 0.4) is 0 Å². The number of halogens is 1. The first kappa shape index (κ1) is 23.4. The van der Waals surface area contributed by atoms with Crippen molar-refractivity contribution >= 4 is 23.2 Å². The Morgan fingerprint density at radius 2 is 1.88 bits per heavy atom. The first-order valence-corrected chi connectivity index (χ1v) is 11.2. The molecule has 1 aliphatic heterocycles. The van der Waals surface area contributed by atoms with Gasteiger partial charge in [0.05, 0.1) is 13.2 Å². The average Bonchev–Trinajstić information content (AvgIpc) is 3.34. The quantitative estimate of drug-likeness (QED) is 0.546. The molecule has 1 saturated heterocycles. The van der Waals surface area contributed by atoms with E-state index >= 15 is 0 Å². The van der Waals surface area contributed by atoms with Gasteiger partial charge in [0.2, 0.25) is 5.76 Å². The molecule has 2 N–H and O–H groups in total. The zero-order valence-corrected chi connectivity index (χ0v) is 19.2. The lowest BCUT2D eigenvalue weighted by Gasteiger charge is -2.29. The van der Waals surface area contributed by atoms with Crippen molar-refractivity contribution in [3.05, 3.63) is 65.2 Å². The number of nitrogens with one attached hydrogen (secondary N) is 2. The summed E-state index contributed by atoms with van der Waals surface area (Å²) in [5.41, 5.74) is 3.48. The number of hydrogen-bond donors (Lipinski definition) is 2.